The SMILES string of the molecule is NCCCc1cc(-c2ccccc2O)n[nH]1. The summed E-state index contributed by atoms with van der Waals surface area (Å²) in [7, 11) is 0. The highest BCUT2D eigenvalue weighted by Crippen LogP contribution is 2.27. The zero-order chi connectivity index (χ0) is 11.4. The average molecular weight is 217 g/mol. The van der Waals surface area contributed by atoms with Crippen molar-refractivity contribution in [2.24, 2.45) is 5.73 Å². The number of aromatic hydroxyl groups is 1. The summed E-state index contributed by atoms with van der Waals surface area (Å²) < 4.78 is 0. The quantitative estimate of drug-likeness (QED) is 0.729. The summed E-state index contributed by atoms with van der Waals surface area (Å²) in [6, 6.07) is 9.12. The van der Waals surface area contributed by atoms with Gasteiger partial charge in [-0.15, -0.1) is 0 Å². The summed E-state index contributed by atoms with van der Waals surface area (Å²) in [6.07, 6.45) is 1.82. The summed E-state index contributed by atoms with van der Waals surface area (Å²) in [5.74, 6) is 0.249. The Kier molecular flexibility index (Phi) is 3.22. The van der Waals surface area contributed by atoms with Crippen LogP contribution in [0.3, 0.4) is 0 Å². The molecule has 0 bridgehead atoms. The van der Waals surface area contributed by atoms with Gasteiger partial charge >= 0.3 is 0 Å². The molecule has 4 N–H and O–H groups in total. The van der Waals surface area contributed by atoms with Gasteiger partial charge in [0, 0.05) is 11.3 Å². The normalized spacial score (nSPS) is 10.6. The van der Waals surface area contributed by atoms with Crippen molar-refractivity contribution in [3.05, 3.63) is 36.0 Å². The maximum Gasteiger partial charge on any atom is 0.125 e. The number of para-hydroxylation sites is 1. The second-order valence-corrected chi connectivity index (χ2v) is 3.69. The van der Waals surface area contributed by atoms with Gasteiger partial charge in [-0.1, -0.05) is 12.1 Å². The van der Waals surface area contributed by atoms with Gasteiger partial charge in [-0.3, -0.25) is 5.10 Å². The van der Waals surface area contributed by atoms with Crippen LogP contribution in [0.1, 0.15) is 12.1 Å². The predicted octanol–water partition coefficient (Wildman–Crippen LogP) is 1.67. The number of aryl methyl sites for hydroxylation is 1. The minimum absolute atomic E-state index is 0.249. The molecule has 0 aliphatic heterocycles. The number of benzene rings is 1. The number of aromatic amines is 1. The van der Waals surface area contributed by atoms with Crippen LogP contribution in [-0.2, 0) is 6.42 Å². The zero-order valence-electron chi connectivity index (χ0n) is 8.98. The van der Waals surface area contributed by atoms with Crippen molar-refractivity contribution in [2.45, 2.75) is 12.8 Å². The molecule has 0 saturated heterocycles. The molecule has 0 spiro atoms. The Morgan fingerprint density at radius 3 is 2.88 bits per heavy atom. The summed E-state index contributed by atoms with van der Waals surface area (Å²) in [5, 5.41) is 16.8. The Bertz CT molecular complexity index is 465. The molecule has 16 heavy (non-hydrogen) atoms. The number of aromatic nitrogens is 2. The highest BCUT2D eigenvalue weighted by molar-refractivity contribution is 5.66. The fraction of sp³-hybridized carbons (Fsp3) is 0.250. The van der Waals surface area contributed by atoms with E-state index in [9.17, 15) is 5.11 Å². The largest absolute Gasteiger partial charge is 0.507 e. The molecule has 0 unspecified atom stereocenters. The number of nitrogens with one attached hydrogen (secondary N) is 1. The Labute approximate surface area is 94.1 Å². The van der Waals surface area contributed by atoms with Crippen LogP contribution in [-0.4, -0.2) is 21.8 Å². The number of phenols is 1. The van der Waals surface area contributed by atoms with Crippen LogP contribution in [0.5, 0.6) is 5.75 Å². The van der Waals surface area contributed by atoms with E-state index in [1.807, 2.05) is 18.2 Å². The maximum absolute atomic E-state index is 9.68. The molecule has 1 aromatic carbocycles. The molecule has 0 aliphatic rings. The number of nitrogens with two attached hydrogens (primary N) is 1. The van der Waals surface area contributed by atoms with Gasteiger partial charge in [0.25, 0.3) is 0 Å². The van der Waals surface area contributed by atoms with Crippen molar-refractivity contribution < 1.29 is 5.11 Å². The third-order valence-electron chi connectivity index (χ3n) is 2.46. The van der Waals surface area contributed by atoms with Crippen molar-refractivity contribution in [3.8, 4) is 17.0 Å². The molecule has 0 atom stereocenters. The van der Waals surface area contributed by atoms with Crippen LogP contribution < -0.4 is 5.73 Å². The van der Waals surface area contributed by atoms with E-state index in [1.54, 1.807) is 12.1 Å². The molecular weight excluding hydrogens is 202 g/mol. The van der Waals surface area contributed by atoms with Crippen molar-refractivity contribution >= 4 is 0 Å². The second kappa shape index (κ2) is 4.81. The van der Waals surface area contributed by atoms with E-state index in [2.05, 4.69) is 10.2 Å². The van der Waals surface area contributed by atoms with Crippen molar-refractivity contribution in [2.75, 3.05) is 6.54 Å². The molecule has 2 rings (SSSR count). The molecule has 1 aromatic heterocycles. The van der Waals surface area contributed by atoms with E-state index in [4.69, 9.17) is 5.73 Å². The van der Waals surface area contributed by atoms with E-state index < -0.39 is 0 Å². The van der Waals surface area contributed by atoms with Crippen LogP contribution in [0.15, 0.2) is 30.3 Å². The third kappa shape index (κ3) is 2.23. The van der Waals surface area contributed by atoms with Gasteiger partial charge in [0.05, 0.1) is 5.69 Å². The van der Waals surface area contributed by atoms with Gasteiger partial charge in [0.15, 0.2) is 0 Å². The van der Waals surface area contributed by atoms with Gasteiger partial charge in [-0.25, -0.2) is 0 Å². The minimum atomic E-state index is 0.249. The lowest BCUT2D eigenvalue weighted by Gasteiger charge is -1.98. The number of rotatable bonds is 4. The van der Waals surface area contributed by atoms with Gasteiger partial charge in [-0.2, -0.15) is 5.10 Å². The molecule has 4 nitrogen and oxygen atoms in total. The van der Waals surface area contributed by atoms with Crippen LogP contribution in [0.4, 0.5) is 0 Å². The first-order chi connectivity index (χ1) is 7.81. The molecule has 4 heteroatoms. The Balaban J connectivity index is 2.22. The van der Waals surface area contributed by atoms with Crippen molar-refractivity contribution in [1.82, 2.24) is 10.2 Å². The lowest BCUT2D eigenvalue weighted by molar-refractivity contribution is 0.477. The first-order valence-electron chi connectivity index (χ1n) is 5.34. The smallest absolute Gasteiger partial charge is 0.125 e. The van der Waals surface area contributed by atoms with Crippen LogP contribution in [0.2, 0.25) is 0 Å². The molecule has 0 fully saturated rings. The molecule has 1 heterocycles. The second-order valence-electron chi connectivity index (χ2n) is 3.69. The van der Waals surface area contributed by atoms with E-state index in [0.29, 0.717) is 6.54 Å². The highest BCUT2D eigenvalue weighted by Gasteiger charge is 2.07. The molecule has 0 saturated carbocycles. The lowest BCUT2D eigenvalue weighted by atomic mass is 10.1. The van der Waals surface area contributed by atoms with Gasteiger partial charge in [0.2, 0.25) is 0 Å². The lowest BCUT2D eigenvalue weighted by Crippen LogP contribution is -2.00. The number of H-pyrrole nitrogens is 1. The van der Waals surface area contributed by atoms with E-state index in [-0.39, 0.29) is 5.75 Å². The van der Waals surface area contributed by atoms with Gasteiger partial charge < -0.3 is 10.8 Å². The van der Waals surface area contributed by atoms with Gasteiger partial charge in [0.1, 0.15) is 5.75 Å². The van der Waals surface area contributed by atoms with E-state index >= 15 is 0 Å². The van der Waals surface area contributed by atoms with E-state index in [1.165, 1.54) is 0 Å². The number of hydrogen-bond donors (Lipinski definition) is 3. The first kappa shape index (κ1) is 10.7. The first-order valence-corrected chi connectivity index (χ1v) is 5.34. The fourth-order valence-electron chi connectivity index (χ4n) is 1.61. The summed E-state index contributed by atoms with van der Waals surface area (Å²) in [6.45, 7) is 0.672. The minimum Gasteiger partial charge on any atom is -0.507 e. The monoisotopic (exact) mass is 217 g/mol. The molecule has 0 amide bonds. The van der Waals surface area contributed by atoms with E-state index in [0.717, 1.165) is 29.8 Å². The maximum atomic E-state index is 9.68. The summed E-state index contributed by atoms with van der Waals surface area (Å²) >= 11 is 0. The van der Waals surface area contributed by atoms with Crippen molar-refractivity contribution in [3.63, 3.8) is 0 Å². The zero-order valence-corrected chi connectivity index (χ0v) is 8.98. The third-order valence-corrected chi connectivity index (χ3v) is 2.46. The highest BCUT2D eigenvalue weighted by atomic mass is 16.3. The molecule has 84 valence electrons. The van der Waals surface area contributed by atoms with Crippen LogP contribution in [0.25, 0.3) is 11.3 Å². The van der Waals surface area contributed by atoms with Crippen LogP contribution in [0, 0.1) is 0 Å². The van der Waals surface area contributed by atoms with Crippen molar-refractivity contribution in [1.29, 1.82) is 0 Å². The standard InChI is InChI=1S/C12H15N3O/c13-7-3-4-9-8-11(15-14-9)10-5-1-2-6-12(10)16/h1-2,5-6,8,16H,3-4,7,13H2,(H,14,15). The Morgan fingerprint density at radius 2 is 2.12 bits per heavy atom. The summed E-state index contributed by atoms with van der Waals surface area (Å²) in [5.41, 5.74) is 8.01. The Morgan fingerprint density at radius 1 is 1.31 bits per heavy atom. The number of nitrogens with zero attached hydrogens (tertiary/aromatic N) is 1. The predicted molar refractivity (Wildman–Crippen MR) is 63.1 cm³/mol. The fourth-order valence-corrected chi connectivity index (χ4v) is 1.61. The van der Waals surface area contributed by atoms with Crippen LogP contribution >= 0.6 is 0 Å². The Hall–Kier alpha value is -1.81. The topological polar surface area (TPSA) is 74.9 Å². The molecular formula is C12H15N3O. The molecule has 0 aliphatic carbocycles. The number of hydrogen-bond acceptors (Lipinski definition) is 3. The summed E-state index contributed by atoms with van der Waals surface area (Å²) in [4.78, 5) is 0. The number of phenolic OH excluding ortho intramolecular Hbond substituents is 1. The average Bonchev–Trinajstić information content (AvgIpc) is 2.75. The molecule has 0 radical (unpaired) electrons. The molecule has 2 aromatic rings. The van der Waals surface area contributed by atoms with Gasteiger partial charge in [-0.05, 0) is 37.6 Å².